The zero-order valence-corrected chi connectivity index (χ0v) is 12.4. The molecule has 5 heteroatoms. The Bertz CT molecular complexity index is 512. The van der Waals surface area contributed by atoms with Crippen LogP contribution in [0.25, 0.3) is 0 Å². The largest absolute Gasteiger partial charge is 0.494 e. The minimum absolute atomic E-state index is 0.0766. The van der Waals surface area contributed by atoms with E-state index in [-0.39, 0.29) is 18.4 Å². The Kier molecular flexibility index (Phi) is 4.83. The number of aliphatic carboxylic acids is 1. The fraction of sp³-hybridized carbons (Fsp3) is 0.500. The molecule has 1 aromatic rings. The van der Waals surface area contributed by atoms with Crippen LogP contribution in [-0.2, 0) is 9.59 Å². The van der Waals surface area contributed by atoms with Gasteiger partial charge in [-0.2, -0.15) is 0 Å². The van der Waals surface area contributed by atoms with Gasteiger partial charge in [-0.3, -0.25) is 9.59 Å². The van der Waals surface area contributed by atoms with Crippen LogP contribution in [0.3, 0.4) is 0 Å². The molecule has 2 unspecified atom stereocenters. The second-order valence-electron chi connectivity index (χ2n) is 5.18. The van der Waals surface area contributed by atoms with Crippen molar-refractivity contribution in [2.24, 2.45) is 5.92 Å². The molecule has 0 radical (unpaired) electrons. The predicted octanol–water partition coefficient (Wildman–Crippen LogP) is 2.47. The van der Waals surface area contributed by atoms with E-state index in [4.69, 9.17) is 4.74 Å². The Hall–Kier alpha value is -2.04. The smallest absolute Gasteiger partial charge is 0.309 e. The molecule has 1 aromatic carbocycles. The first kappa shape index (κ1) is 15.4. The Balaban J connectivity index is 2.30. The van der Waals surface area contributed by atoms with Crippen molar-refractivity contribution in [2.75, 3.05) is 13.2 Å². The molecule has 1 aliphatic heterocycles. The first-order valence-corrected chi connectivity index (χ1v) is 7.33. The standard InChI is InChI=1S/C16H21NO4/c1-3-9-17-14(18)10-13(16(19)20)15(17)11-5-7-12(8-6-11)21-4-2/h5-8,13,15H,3-4,9-10H2,1-2H3,(H,19,20). The van der Waals surface area contributed by atoms with E-state index >= 15 is 0 Å². The summed E-state index contributed by atoms with van der Waals surface area (Å²) in [7, 11) is 0. The zero-order chi connectivity index (χ0) is 15.4. The number of amides is 1. The molecule has 0 aliphatic carbocycles. The van der Waals surface area contributed by atoms with E-state index in [1.807, 2.05) is 38.1 Å². The molecular formula is C16H21NO4. The Morgan fingerprint density at radius 2 is 2.00 bits per heavy atom. The molecule has 0 saturated carbocycles. The van der Waals surface area contributed by atoms with Crippen LogP contribution >= 0.6 is 0 Å². The molecule has 1 fully saturated rings. The lowest BCUT2D eigenvalue weighted by atomic mass is 9.93. The second-order valence-corrected chi connectivity index (χ2v) is 5.18. The maximum absolute atomic E-state index is 12.1. The number of carbonyl (C=O) groups excluding carboxylic acids is 1. The van der Waals surface area contributed by atoms with Crippen LogP contribution in [-0.4, -0.2) is 35.0 Å². The summed E-state index contributed by atoms with van der Waals surface area (Å²) >= 11 is 0. The first-order chi connectivity index (χ1) is 10.1. The lowest BCUT2D eigenvalue weighted by Gasteiger charge is -2.27. The lowest BCUT2D eigenvalue weighted by molar-refractivity contribution is -0.142. The molecule has 5 nitrogen and oxygen atoms in total. The van der Waals surface area contributed by atoms with Crippen molar-refractivity contribution in [2.45, 2.75) is 32.7 Å². The number of hydrogen-bond donors (Lipinski definition) is 1. The van der Waals surface area contributed by atoms with Gasteiger partial charge in [0.2, 0.25) is 5.91 Å². The quantitative estimate of drug-likeness (QED) is 0.874. The predicted molar refractivity (Wildman–Crippen MR) is 78.1 cm³/mol. The van der Waals surface area contributed by atoms with Crippen molar-refractivity contribution in [3.8, 4) is 5.75 Å². The number of likely N-dealkylation sites (tertiary alicyclic amines) is 1. The number of hydrogen-bond acceptors (Lipinski definition) is 3. The summed E-state index contributed by atoms with van der Waals surface area (Å²) in [5.74, 6) is -0.926. The van der Waals surface area contributed by atoms with Crippen molar-refractivity contribution in [1.29, 1.82) is 0 Å². The normalized spacial score (nSPS) is 21.6. The highest BCUT2D eigenvalue weighted by Gasteiger charge is 2.44. The van der Waals surface area contributed by atoms with Crippen molar-refractivity contribution in [3.63, 3.8) is 0 Å². The third-order valence-corrected chi connectivity index (χ3v) is 3.75. The van der Waals surface area contributed by atoms with Gasteiger partial charge in [0.05, 0.1) is 18.6 Å². The SMILES string of the molecule is CCCN1C(=O)CC(C(=O)O)C1c1ccc(OCC)cc1. The molecule has 0 bridgehead atoms. The number of benzene rings is 1. The topological polar surface area (TPSA) is 66.8 Å². The van der Waals surface area contributed by atoms with Gasteiger partial charge in [0.25, 0.3) is 0 Å². The van der Waals surface area contributed by atoms with Crippen molar-refractivity contribution < 1.29 is 19.4 Å². The number of carboxylic acids is 1. The molecular weight excluding hydrogens is 270 g/mol. The minimum atomic E-state index is -0.916. The van der Waals surface area contributed by atoms with Crippen LogP contribution in [0.2, 0.25) is 0 Å². The number of carboxylic acid groups (broad SMARTS) is 1. The Morgan fingerprint density at radius 3 is 2.52 bits per heavy atom. The van der Waals surface area contributed by atoms with Gasteiger partial charge < -0.3 is 14.7 Å². The molecule has 1 heterocycles. The molecule has 2 rings (SSSR count). The summed E-state index contributed by atoms with van der Waals surface area (Å²) in [6, 6.07) is 6.97. The highest BCUT2D eigenvalue weighted by atomic mass is 16.5. The van der Waals surface area contributed by atoms with Crippen molar-refractivity contribution >= 4 is 11.9 Å². The van der Waals surface area contributed by atoms with Gasteiger partial charge in [-0.05, 0) is 31.0 Å². The van der Waals surface area contributed by atoms with Crippen LogP contribution in [0.15, 0.2) is 24.3 Å². The average molecular weight is 291 g/mol. The van der Waals surface area contributed by atoms with Gasteiger partial charge in [0, 0.05) is 13.0 Å². The number of ether oxygens (including phenoxy) is 1. The molecule has 2 atom stereocenters. The Labute approximate surface area is 124 Å². The summed E-state index contributed by atoms with van der Waals surface area (Å²) in [4.78, 5) is 25.2. The third-order valence-electron chi connectivity index (χ3n) is 3.75. The summed E-state index contributed by atoms with van der Waals surface area (Å²) in [6.45, 7) is 5.06. The monoisotopic (exact) mass is 291 g/mol. The van der Waals surface area contributed by atoms with Gasteiger partial charge in [-0.25, -0.2) is 0 Å². The lowest BCUT2D eigenvalue weighted by Crippen LogP contribution is -2.31. The summed E-state index contributed by atoms with van der Waals surface area (Å²) < 4.78 is 5.40. The van der Waals surface area contributed by atoms with E-state index < -0.39 is 11.9 Å². The molecule has 114 valence electrons. The molecule has 0 spiro atoms. The molecule has 1 saturated heterocycles. The maximum atomic E-state index is 12.1. The fourth-order valence-electron chi connectivity index (χ4n) is 2.86. The van der Waals surface area contributed by atoms with Crippen molar-refractivity contribution in [3.05, 3.63) is 29.8 Å². The van der Waals surface area contributed by atoms with E-state index in [0.29, 0.717) is 13.2 Å². The molecule has 1 aliphatic rings. The van der Waals surface area contributed by atoms with Crippen LogP contribution < -0.4 is 4.74 Å². The maximum Gasteiger partial charge on any atom is 0.309 e. The molecule has 0 aromatic heterocycles. The van der Waals surface area contributed by atoms with Crippen LogP contribution in [0.1, 0.15) is 38.3 Å². The van der Waals surface area contributed by atoms with Gasteiger partial charge >= 0.3 is 5.97 Å². The van der Waals surface area contributed by atoms with E-state index in [0.717, 1.165) is 17.7 Å². The second kappa shape index (κ2) is 6.61. The minimum Gasteiger partial charge on any atom is -0.494 e. The number of carbonyl (C=O) groups is 2. The number of rotatable bonds is 6. The van der Waals surface area contributed by atoms with E-state index in [9.17, 15) is 14.7 Å². The molecule has 1 amide bonds. The summed E-state index contributed by atoms with van der Waals surface area (Å²) in [5.41, 5.74) is 0.852. The van der Waals surface area contributed by atoms with Gasteiger partial charge in [-0.15, -0.1) is 0 Å². The van der Waals surface area contributed by atoms with Crippen LogP contribution in [0, 0.1) is 5.92 Å². The molecule has 21 heavy (non-hydrogen) atoms. The Morgan fingerprint density at radius 1 is 1.33 bits per heavy atom. The average Bonchev–Trinajstić information content (AvgIpc) is 2.78. The third kappa shape index (κ3) is 3.17. The summed E-state index contributed by atoms with van der Waals surface area (Å²) in [6.07, 6.45) is 0.888. The van der Waals surface area contributed by atoms with E-state index in [1.54, 1.807) is 4.90 Å². The van der Waals surface area contributed by atoms with E-state index in [2.05, 4.69) is 0 Å². The summed E-state index contributed by atoms with van der Waals surface area (Å²) in [5, 5.41) is 9.38. The van der Waals surface area contributed by atoms with E-state index in [1.165, 1.54) is 0 Å². The highest BCUT2D eigenvalue weighted by molar-refractivity contribution is 5.87. The molecule has 1 N–H and O–H groups in total. The highest BCUT2D eigenvalue weighted by Crippen LogP contribution is 2.38. The van der Waals surface area contributed by atoms with Crippen LogP contribution in [0.5, 0.6) is 5.75 Å². The fourth-order valence-corrected chi connectivity index (χ4v) is 2.86. The van der Waals surface area contributed by atoms with Gasteiger partial charge in [0.15, 0.2) is 0 Å². The van der Waals surface area contributed by atoms with Crippen LogP contribution in [0.4, 0.5) is 0 Å². The number of nitrogens with zero attached hydrogens (tertiary/aromatic N) is 1. The van der Waals surface area contributed by atoms with Gasteiger partial charge in [-0.1, -0.05) is 19.1 Å². The van der Waals surface area contributed by atoms with Gasteiger partial charge in [0.1, 0.15) is 5.75 Å². The first-order valence-electron chi connectivity index (χ1n) is 7.33. The zero-order valence-electron chi connectivity index (χ0n) is 12.4. The van der Waals surface area contributed by atoms with Crippen molar-refractivity contribution in [1.82, 2.24) is 4.90 Å².